The highest BCUT2D eigenvalue weighted by Crippen LogP contribution is 2.29. The van der Waals surface area contributed by atoms with Crippen molar-refractivity contribution in [1.82, 2.24) is 14.5 Å². The van der Waals surface area contributed by atoms with E-state index in [0.29, 0.717) is 13.0 Å². The predicted molar refractivity (Wildman–Crippen MR) is 67.5 cm³/mol. The van der Waals surface area contributed by atoms with Crippen LogP contribution in [0.3, 0.4) is 0 Å². The normalized spacial score (nSPS) is 20.8. The molecule has 1 unspecified atom stereocenters. The molecule has 2 rings (SSSR count). The van der Waals surface area contributed by atoms with E-state index in [1.807, 2.05) is 6.92 Å². The summed E-state index contributed by atoms with van der Waals surface area (Å²) in [6, 6.07) is -0.0661. The average molecular weight is 287 g/mol. The summed E-state index contributed by atoms with van der Waals surface area (Å²) in [5.41, 5.74) is -0.0138. The molecule has 19 heavy (non-hydrogen) atoms. The molecule has 0 aliphatic carbocycles. The lowest BCUT2D eigenvalue weighted by Crippen LogP contribution is -2.36. The Kier molecular flexibility index (Phi) is 3.64. The molecule has 0 bridgehead atoms. The maximum atomic E-state index is 12.5. The Hall–Kier alpha value is -1.41. The van der Waals surface area contributed by atoms with Gasteiger partial charge < -0.3 is 5.11 Å². The molecule has 1 aliphatic heterocycles. The number of aryl methyl sites for hydroxylation is 1. The number of aromatic carboxylic acids is 1. The topological polar surface area (TPSA) is 103 Å². The lowest BCUT2D eigenvalue weighted by molar-refractivity contribution is 0.0691. The first-order chi connectivity index (χ1) is 8.89. The number of sulfonamides is 1. The number of carboxylic acids is 1. The summed E-state index contributed by atoms with van der Waals surface area (Å²) in [4.78, 5) is 11.2. The van der Waals surface area contributed by atoms with Gasteiger partial charge in [0.15, 0.2) is 0 Å². The molecule has 2 heterocycles. The van der Waals surface area contributed by atoms with Crippen LogP contribution in [0.1, 0.15) is 42.2 Å². The maximum absolute atomic E-state index is 12.5. The number of nitrogens with one attached hydrogen (secondary N) is 1. The molecule has 1 atom stereocenters. The van der Waals surface area contributed by atoms with Gasteiger partial charge in [-0.3, -0.25) is 5.10 Å². The molecule has 1 aliphatic rings. The molecular weight excluding hydrogens is 270 g/mol. The summed E-state index contributed by atoms with van der Waals surface area (Å²) in [5.74, 6) is -1.28. The van der Waals surface area contributed by atoms with Gasteiger partial charge in [0, 0.05) is 18.3 Å². The van der Waals surface area contributed by atoms with Gasteiger partial charge in [-0.1, -0.05) is 6.92 Å². The Morgan fingerprint density at radius 1 is 1.58 bits per heavy atom. The molecule has 0 spiro atoms. The molecule has 1 aromatic rings. The van der Waals surface area contributed by atoms with Crippen LogP contribution in [0.5, 0.6) is 0 Å². The molecular formula is C11H17N3O4S. The van der Waals surface area contributed by atoms with Gasteiger partial charge in [-0.15, -0.1) is 0 Å². The zero-order valence-electron chi connectivity index (χ0n) is 10.9. The van der Waals surface area contributed by atoms with E-state index in [-0.39, 0.29) is 22.3 Å². The summed E-state index contributed by atoms with van der Waals surface area (Å²) in [6.45, 7) is 3.84. The largest absolute Gasteiger partial charge is 0.478 e. The van der Waals surface area contributed by atoms with Crippen molar-refractivity contribution >= 4 is 16.0 Å². The first-order valence-corrected chi connectivity index (χ1v) is 7.63. The highest BCUT2D eigenvalue weighted by atomic mass is 32.2. The Labute approximate surface area is 111 Å². The predicted octanol–water partition coefficient (Wildman–Crippen LogP) is 0.979. The van der Waals surface area contributed by atoms with Crippen LogP contribution in [0.25, 0.3) is 0 Å². The molecule has 0 radical (unpaired) electrons. The second kappa shape index (κ2) is 4.93. The van der Waals surface area contributed by atoms with Gasteiger partial charge in [-0.2, -0.15) is 9.40 Å². The molecule has 1 fully saturated rings. The molecule has 1 saturated heterocycles. The van der Waals surface area contributed by atoms with Gasteiger partial charge >= 0.3 is 5.97 Å². The van der Waals surface area contributed by atoms with Gasteiger partial charge in [-0.05, 0) is 26.2 Å². The van der Waals surface area contributed by atoms with Gasteiger partial charge in [0.05, 0.1) is 0 Å². The second-order valence-electron chi connectivity index (χ2n) is 4.65. The van der Waals surface area contributed by atoms with Crippen LogP contribution in [0.2, 0.25) is 0 Å². The van der Waals surface area contributed by atoms with Crippen molar-refractivity contribution in [2.45, 2.75) is 44.2 Å². The van der Waals surface area contributed by atoms with Crippen molar-refractivity contribution in [2.75, 3.05) is 6.54 Å². The summed E-state index contributed by atoms with van der Waals surface area (Å²) < 4.78 is 26.4. The van der Waals surface area contributed by atoms with Gasteiger partial charge in [0.1, 0.15) is 5.56 Å². The highest BCUT2D eigenvalue weighted by molar-refractivity contribution is 7.89. The van der Waals surface area contributed by atoms with E-state index in [4.69, 9.17) is 5.11 Å². The molecule has 8 heteroatoms. The van der Waals surface area contributed by atoms with Gasteiger partial charge in [-0.25, -0.2) is 13.2 Å². The number of H-pyrrole nitrogens is 1. The monoisotopic (exact) mass is 287 g/mol. The third-order valence-corrected chi connectivity index (χ3v) is 5.36. The minimum absolute atomic E-state index is 0.0661. The standard InChI is InChI=1S/C11H17N3O4S/c1-3-8-5-4-6-14(8)19(17,18)10-9(11(15)16)7(2)12-13-10/h8H,3-6H2,1-2H3,(H,12,13)(H,15,16). The van der Waals surface area contributed by atoms with E-state index in [0.717, 1.165) is 12.8 Å². The van der Waals surface area contributed by atoms with E-state index in [9.17, 15) is 13.2 Å². The maximum Gasteiger partial charge on any atom is 0.340 e. The molecule has 0 aromatic carbocycles. The van der Waals surface area contributed by atoms with Crippen molar-refractivity contribution in [1.29, 1.82) is 0 Å². The molecule has 2 N–H and O–H groups in total. The molecule has 1 aromatic heterocycles. The van der Waals surface area contributed by atoms with E-state index >= 15 is 0 Å². The molecule has 0 amide bonds. The number of aromatic amines is 1. The van der Waals surface area contributed by atoms with Crippen molar-refractivity contribution in [3.8, 4) is 0 Å². The van der Waals surface area contributed by atoms with Crippen molar-refractivity contribution in [3.05, 3.63) is 11.3 Å². The Morgan fingerprint density at radius 3 is 2.84 bits per heavy atom. The molecule has 0 saturated carbocycles. The van der Waals surface area contributed by atoms with Crippen LogP contribution in [0.4, 0.5) is 0 Å². The zero-order valence-corrected chi connectivity index (χ0v) is 11.7. The summed E-state index contributed by atoms with van der Waals surface area (Å²) in [5, 5.41) is 14.9. The average Bonchev–Trinajstić information content (AvgIpc) is 2.94. The number of hydrogen-bond acceptors (Lipinski definition) is 4. The van der Waals surface area contributed by atoms with E-state index in [2.05, 4.69) is 10.2 Å². The summed E-state index contributed by atoms with van der Waals surface area (Å²) >= 11 is 0. The van der Waals surface area contributed by atoms with Crippen LogP contribution < -0.4 is 0 Å². The second-order valence-corrected chi connectivity index (χ2v) is 6.46. The van der Waals surface area contributed by atoms with Crippen LogP contribution in [-0.2, 0) is 10.0 Å². The van der Waals surface area contributed by atoms with E-state index in [1.165, 1.54) is 11.2 Å². The lowest BCUT2D eigenvalue weighted by atomic mass is 10.2. The van der Waals surface area contributed by atoms with Crippen LogP contribution >= 0.6 is 0 Å². The number of nitrogens with zero attached hydrogens (tertiary/aromatic N) is 2. The first-order valence-electron chi connectivity index (χ1n) is 6.19. The number of rotatable bonds is 4. The first kappa shape index (κ1) is 14.0. The minimum atomic E-state index is -3.84. The Bertz CT molecular complexity index is 593. The Morgan fingerprint density at radius 2 is 2.26 bits per heavy atom. The van der Waals surface area contributed by atoms with Crippen LogP contribution in [0.15, 0.2) is 5.03 Å². The third kappa shape index (κ3) is 2.25. The fraction of sp³-hybridized carbons (Fsp3) is 0.636. The van der Waals surface area contributed by atoms with Crippen LogP contribution in [-0.4, -0.2) is 46.6 Å². The molecule has 7 nitrogen and oxygen atoms in total. The number of carbonyl (C=O) groups is 1. The Balaban J connectivity index is 2.48. The van der Waals surface area contributed by atoms with Crippen molar-refractivity contribution in [3.63, 3.8) is 0 Å². The fourth-order valence-corrected chi connectivity index (χ4v) is 4.39. The van der Waals surface area contributed by atoms with Gasteiger partial charge in [0.2, 0.25) is 5.03 Å². The number of aromatic nitrogens is 2. The summed E-state index contributed by atoms with van der Waals surface area (Å²) in [6.07, 6.45) is 2.32. The van der Waals surface area contributed by atoms with Gasteiger partial charge in [0.25, 0.3) is 10.0 Å². The van der Waals surface area contributed by atoms with E-state index < -0.39 is 16.0 Å². The smallest absolute Gasteiger partial charge is 0.340 e. The SMILES string of the molecule is CCC1CCCN1S(=O)(=O)c1n[nH]c(C)c1C(=O)O. The number of carboxylic acid groups (broad SMARTS) is 1. The van der Waals surface area contributed by atoms with Crippen molar-refractivity contribution < 1.29 is 18.3 Å². The van der Waals surface area contributed by atoms with E-state index in [1.54, 1.807) is 0 Å². The lowest BCUT2D eigenvalue weighted by Gasteiger charge is -2.21. The van der Waals surface area contributed by atoms with Crippen LogP contribution in [0, 0.1) is 6.92 Å². The minimum Gasteiger partial charge on any atom is -0.478 e. The zero-order chi connectivity index (χ0) is 14.2. The number of hydrogen-bond donors (Lipinski definition) is 2. The van der Waals surface area contributed by atoms with Crippen molar-refractivity contribution in [2.24, 2.45) is 0 Å². The molecule has 106 valence electrons. The third-order valence-electron chi connectivity index (χ3n) is 3.48. The fourth-order valence-electron chi connectivity index (χ4n) is 2.49. The highest BCUT2D eigenvalue weighted by Gasteiger charge is 2.38. The quantitative estimate of drug-likeness (QED) is 0.859. The summed E-state index contributed by atoms with van der Waals surface area (Å²) in [7, 11) is -3.84.